The number of fused-ring (bicyclic) bond motifs is 1. The molecule has 0 spiro atoms. The smallest absolute Gasteiger partial charge is 0.240 e. The molecule has 4 atom stereocenters. The zero-order valence-electron chi connectivity index (χ0n) is 13.4. The summed E-state index contributed by atoms with van der Waals surface area (Å²) in [5, 5.41) is 3.01. The molecule has 5 nitrogen and oxygen atoms in total. The number of likely N-dealkylation sites (tertiary alicyclic amines) is 1. The van der Waals surface area contributed by atoms with Crippen LogP contribution in [0.5, 0.6) is 0 Å². The van der Waals surface area contributed by atoms with Crippen molar-refractivity contribution in [2.75, 3.05) is 6.54 Å². The molecular weight excluding hydrogens is 292 g/mol. The van der Waals surface area contributed by atoms with Gasteiger partial charge >= 0.3 is 0 Å². The van der Waals surface area contributed by atoms with Crippen LogP contribution in [0.25, 0.3) is 0 Å². The van der Waals surface area contributed by atoms with Crippen molar-refractivity contribution in [2.24, 2.45) is 23.7 Å². The van der Waals surface area contributed by atoms with Crippen molar-refractivity contribution in [3.05, 3.63) is 12.2 Å². The lowest BCUT2D eigenvalue weighted by Crippen LogP contribution is -2.45. The molecule has 4 aliphatic carbocycles. The lowest BCUT2D eigenvalue weighted by Gasteiger charge is -2.38. The second kappa shape index (κ2) is 5.77. The number of nitrogens with one attached hydrogen (secondary N) is 1. The highest BCUT2D eigenvalue weighted by molar-refractivity contribution is 6.08. The number of nitrogens with zero attached hydrogens (tertiary/aromatic N) is 1. The van der Waals surface area contributed by atoms with Crippen molar-refractivity contribution in [1.82, 2.24) is 10.2 Å². The van der Waals surface area contributed by atoms with E-state index in [0.717, 1.165) is 38.5 Å². The summed E-state index contributed by atoms with van der Waals surface area (Å²) >= 11 is 0. The van der Waals surface area contributed by atoms with Crippen LogP contribution in [0.2, 0.25) is 0 Å². The Balaban J connectivity index is 1.42. The monoisotopic (exact) mass is 316 g/mol. The Hall–Kier alpha value is -1.65. The first-order valence-electron chi connectivity index (χ1n) is 8.98. The number of rotatable bonds is 3. The zero-order valence-corrected chi connectivity index (χ0v) is 13.4. The molecule has 5 aliphatic rings. The molecule has 1 heterocycles. The Labute approximate surface area is 136 Å². The summed E-state index contributed by atoms with van der Waals surface area (Å²) in [5.74, 6) is -0.489. The normalized spacial score (nSPS) is 36.4. The Morgan fingerprint density at radius 2 is 1.52 bits per heavy atom. The van der Waals surface area contributed by atoms with Crippen molar-refractivity contribution < 1.29 is 14.4 Å². The quantitative estimate of drug-likeness (QED) is 0.636. The van der Waals surface area contributed by atoms with Gasteiger partial charge in [-0.2, -0.15) is 0 Å². The minimum atomic E-state index is -0.214. The highest BCUT2D eigenvalue weighted by atomic mass is 16.2. The van der Waals surface area contributed by atoms with Crippen molar-refractivity contribution in [2.45, 2.75) is 51.0 Å². The number of amides is 3. The van der Waals surface area contributed by atoms with Gasteiger partial charge in [-0.05, 0) is 37.5 Å². The SMILES string of the molecule is O=C(CN1C(=O)[C@@H]2[C@H](C1=O)[C@H]1C=C[C@H]2CC1)NC1CCCCC1. The summed E-state index contributed by atoms with van der Waals surface area (Å²) in [6, 6.07) is 0.212. The Morgan fingerprint density at radius 1 is 0.957 bits per heavy atom. The highest BCUT2D eigenvalue weighted by Crippen LogP contribution is 2.49. The third kappa shape index (κ3) is 2.50. The molecule has 2 saturated carbocycles. The van der Waals surface area contributed by atoms with Gasteiger partial charge in [-0.25, -0.2) is 0 Å². The van der Waals surface area contributed by atoms with Crippen molar-refractivity contribution in [3.63, 3.8) is 0 Å². The summed E-state index contributed by atoms with van der Waals surface area (Å²) in [7, 11) is 0. The van der Waals surface area contributed by atoms with Gasteiger partial charge in [0, 0.05) is 6.04 Å². The van der Waals surface area contributed by atoms with Gasteiger partial charge in [-0.15, -0.1) is 0 Å². The topological polar surface area (TPSA) is 66.5 Å². The van der Waals surface area contributed by atoms with Gasteiger partial charge < -0.3 is 5.32 Å². The molecule has 2 bridgehead atoms. The first kappa shape index (κ1) is 14.9. The molecule has 0 aromatic rings. The van der Waals surface area contributed by atoms with E-state index in [1.54, 1.807) is 0 Å². The van der Waals surface area contributed by atoms with Gasteiger partial charge in [0.2, 0.25) is 17.7 Å². The van der Waals surface area contributed by atoms with Gasteiger partial charge in [-0.1, -0.05) is 31.4 Å². The second-order valence-corrected chi connectivity index (χ2v) is 7.51. The molecule has 1 aliphatic heterocycles. The van der Waals surface area contributed by atoms with Crippen LogP contribution in [0.1, 0.15) is 44.9 Å². The molecule has 5 heteroatoms. The number of imide groups is 1. The average Bonchev–Trinajstić information content (AvgIpc) is 2.84. The van der Waals surface area contributed by atoms with Crippen molar-refractivity contribution >= 4 is 17.7 Å². The maximum Gasteiger partial charge on any atom is 0.240 e. The maximum absolute atomic E-state index is 12.7. The van der Waals surface area contributed by atoms with Crippen LogP contribution in [-0.4, -0.2) is 35.2 Å². The van der Waals surface area contributed by atoms with Gasteiger partial charge in [0.05, 0.1) is 11.8 Å². The molecule has 1 saturated heterocycles. The van der Waals surface area contributed by atoms with Crippen LogP contribution in [0.15, 0.2) is 12.2 Å². The van der Waals surface area contributed by atoms with Gasteiger partial charge in [0.15, 0.2) is 0 Å². The van der Waals surface area contributed by atoms with E-state index in [9.17, 15) is 14.4 Å². The van der Waals surface area contributed by atoms with Crippen LogP contribution in [0.3, 0.4) is 0 Å². The standard InChI is InChI=1S/C18H24N2O3/c21-14(19-13-4-2-1-3-5-13)10-20-17(22)15-11-6-7-12(9-8-11)16(15)18(20)23/h6-7,11-13,15-16H,1-5,8-10H2,(H,19,21)/t11-,12-,15-,16+/m0/s1. The van der Waals surface area contributed by atoms with Gasteiger partial charge in [0.25, 0.3) is 0 Å². The van der Waals surface area contributed by atoms with Crippen molar-refractivity contribution in [3.8, 4) is 0 Å². The molecule has 124 valence electrons. The fourth-order valence-electron chi connectivity index (χ4n) is 4.96. The third-order valence-electron chi connectivity index (χ3n) is 6.12. The molecule has 0 unspecified atom stereocenters. The second-order valence-electron chi connectivity index (χ2n) is 7.51. The summed E-state index contributed by atoms with van der Waals surface area (Å²) in [6.07, 6.45) is 11.7. The summed E-state index contributed by atoms with van der Waals surface area (Å²) in [6.45, 7) is -0.0966. The van der Waals surface area contributed by atoms with E-state index in [1.165, 1.54) is 11.3 Å². The van der Waals surface area contributed by atoms with E-state index in [2.05, 4.69) is 17.5 Å². The lowest BCUT2D eigenvalue weighted by atomic mass is 9.63. The molecule has 0 radical (unpaired) electrons. The Bertz CT molecular complexity index is 533. The first-order chi connectivity index (χ1) is 11.1. The summed E-state index contributed by atoms with van der Waals surface area (Å²) < 4.78 is 0. The van der Waals surface area contributed by atoms with E-state index in [4.69, 9.17) is 0 Å². The molecular formula is C18H24N2O3. The maximum atomic E-state index is 12.7. The number of hydrogen-bond donors (Lipinski definition) is 1. The number of carbonyl (C=O) groups excluding carboxylic acids is 3. The minimum absolute atomic E-state index is 0.0966. The molecule has 0 aromatic heterocycles. The fourth-order valence-corrected chi connectivity index (χ4v) is 4.96. The zero-order chi connectivity index (χ0) is 16.0. The predicted molar refractivity (Wildman–Crippen MR) is 84.1 cm³/mol. The van der Waals surface area contributed by atoms with Crippen LogP contribution in [0.4, 0.5) is 0 Å². The third-order valence-corrected chi connectivity index (χ3v) is 6.12. The van der Waals surface area contributed by atoms with Crippen molar-refractivity contribution in [1.29, 1.82) is 0 Å². The lowest BCUT2D eigenvalue weighted by molar-refractivity contribution is -0.144. The van der Waals surface area contributed by atoms with Crippen LogP contribution < -0.4 is 5.32 Å². The van der Waals surface area contributed by atoms with Crippen LogP contribution in [-0.2, 0) is 14.4 Å². The van der Waals surface area contributed by atoms with E-state index < -0.39 is 0 Å². The van der Waals surface area contributed by atoms with E-state index in [1.807, 2.05) is 0 Å². The predicted octanol–water partition coefficient (Wildman–Crippen LogP) is 1.63. The van der Waals surface area contributed by atoms with Gasteiger partial charge in [0.1, 0.15) is 6.54 Å². The fraction of sp³-hybridized carbons (Fsp3) is 0.722. The minimum Gasteiger partial charge on any atom is -0.352 e. The molecule has 23 heavy (non-hydrogen) atoms. The van der Waals surface area contributed by atoms with E-state index >= 15 is 0 Å². The number of hydrogen-bond acceptors (Lipinski definition) is 3. The number of carbonyl (C=O) groups is 3. The van der Waals surface area contributed by atoms with Crippen LogP contribution >= 0.6 is 0 Å². The molecule has 3 amide bonds. The van der Waals surface area contributed by atoms with Crippen LogP contribution in [0, 0.1) is 23.7 Å². The Kier molecular flexibility index (Phi) is 3.74. The highest BCUT2D eigenvalue weighted by Gasteiger charge is 2.56. The average molecular weight is 316 g/mol. The first-order valence-corrected chi connectivity index (χ1v) is 8.98. The molecule has 3 fully saturated rings. The van der Waals surface area contributed by atoms with E-state index in [-0.39, 0.29) is 54.0 Å². The summed E-state index contributed by atoms with van der Waals surface area (Å²) in [4.78, 5) is 38.8. The molecule has 5 rings (SSSR count). The Morgan fingerprint density at radius 3 is 2.04 bits per heavy atom. The van der Waals surface area contributed by atoms with E-state index in [0.29, 0.717) is 0 Å². The van der Waals surface area contributed by atoms with Gasteiger partial charge in [-0.3, -0.25) is 19.3 Å². The largest absolute Gasteiger partial charge is 0.352 e. The summed E-state index contributed by atoms with van der Waals surface area (Å²) in [5.41, 5.74) is 0. The number of allylic oxidation sites excluding steroid dienone is 2. The molecule has 1 N–H and O–H groups in total. The molecule has 0 aromatic carbocycles.